The number of hydrogen-bond acceptors (Lipinski definition) is 4. The Balaban J connectivity index is 1.98. The third-order valence-electron chi connectivity index (χ3n) is 3.40. The second kappa shape index (κ2) is 8.01. The van der Waals surface area contributed by atoms with Crippen LogP contribution in [0.3, 0.4) is 0 Å². The van der Waals surface area contributed by atoms with Crippen LogP contribution in [0.2, 0.25) is 0 Å². The Labute approximate surface area is 139 Å². The molecule has 2 aromatic carbocycles. The molecule has 5 nitrogen and oxygen atoms in total. The standard InChI is InChI=1S/C18H17FN2O3/c1-12(21-11-22)18(23)17(20)14-5-7-16(8-6-14)24-10-13-3-2-4-15(19)9-13/h2-9,11-12,20H,10H2,1H3,(H,21,22)/t12-/m1/s1. The van der Waals surface area contributed by atoms with Crippen LogP contribution in [0.25, 0.3) is 0 Å². The van der Waals surface area contributed by atoms with E-state index in [0.29, 0.717) is 23.3 Å². The third-order valence-corrected chi connectivity index (χ3v) is 3.40. The van der Waals surface area contributed by atoms with E-state index in [1.807, 2.05) is 0 Å². The number of benzene rings is 2. The van der Waals surface area contributed by atoms with Gasteiger partial charge in [0.05, 0.1) is 6.04 Å². The summed E-state index contributed by atoms with van der Waals surface area (Å²) in [5.41, 5.74) is 0.946. The minimum Gasteiger partial charge on any atom is -0.489 e. The largest absolute Gasteiger partial charge is 0.489 e. The highest BCUT2D eigenvalue weighted by Crippen LogP contribution is 2.15. The average molecular weight is 328 g/mol. The van der Waals surface area contributed by atoms with Crippen molar-refractivity contribution in [2.75, 3.05) is 0 Å². The van der Waals surface area contributed by atoms with Crippen LogP contribution in [-0.2, 0) is 16.2 Å². The van der Waals surface area contributed by atoms with Gasteiger partial charge in [-0.05, 0) is 48.9 Å². The summed E-state index contributed by atoms with van der Waals surface area (Å²) < 4.78 is 18.6. The summed E-state index contributed by atoms with van der Waals surface area (Å²) >= 11 is 0. The van der Waals surface area contributed by atoms with Crippen LogP contribution in [0.1, 0.15) is 18.1 Å². The van der Waals surface area contributed by atoms with Crippen molar-refractivity contribution in [2.24, 2.45) is 0 Å². The van der Waals surface area contributed by atoms with E-state index in [1.54, 1.807) is 36.4 Å². The molecule has 2 N–H and O–H groups in total. The molecule has 0 aliphatic rings. The number of hydrogen-bond donors (Lipinski definition) is 2. The lowest BCUT2D eigenvalue weighted by atomic mass is 10.0. The van der Waals surface area contributed by atoms with E-state index in [-0.39, 0.29) is 18.1 Å². The normalized spacial score (nSPS) is 11.4. The lowest BCUT2D eigenvalue weighted by Crippen LogP contribution is -2.37. The Bertz CT molecular complexity index is 744. The number of nitrogens with one attached hydrogen (secondary N) is 2. The Kier molecular flexibility index (Phi) is 5.78. The predicted octanol–water partition coefficient (Wildman–Crippen LogP) is 2.48. The molecule has 0 saturated heterocycles. The zero-order chi connectivity index (χ0) is 17.5. The molecule has 0 fully saturated rings. The van der Waals surface area contributed by atoms with E-state index in [9.17, 15) is 14.0 Å². The Hall–Kier alpha value is -3.02. The molecule has 6 heteroatoms. The molecule has 0 bridgehead atoms. The van der Waals surface area contributed by atoms with Crippen molar-refractivity contribution in [3.05, 3.63) is 65.5 Å². The topological polar surface area (TPSA) is 79.3 Å². The molecule has 0 radical (unpaired) electrons. The van der Waals surface area contributed by atoms with Gasteiger partial charge in [0.2, 0.25) is 12.2 Å². The maximum absolute atomic E-state index is 13.1. The molecule has 1 atom stereocenters. The van der Waals surface area contributed by atoms with Crippen molar-refractivity contribution in [3.8, 4) is 5.75 Å². The van der Waals surface area contributed by atoms with Gasteiger partial charge in [-0.3, -0.25) is 15.0 Å². The molecule has 0 unspecified atom stereocenters. The SMILES string of the molecule is C[C@@H](NC=O)C(=O)C(=N)c1ccc(OCc2cccc(F)c2)cc1. The van der Waals surface area contributed by atoms with E-state index < -0.39 is 11.8 Å². The van der Waals surface area contributed by atoms with Crippen LogP contribution in [0.15, 0.2) is 48.5 Å². The summed E-state index contributed by atoms with van der Waals surface area (Å²) in [6.07, 6.45) is 0.430. The molecule has 124 valence electrons. The zero-order valence-corrected chi connectivity index (χ0v) is 13.1. The summed E-state index contributed by atoms with van der Waals surface area (Å²) in [4.78, 5) is 22.3. The van der Waals surface area contributed by atoms with Gasteiger partial charge in [0, 0.05) is 5.56 Å². The molecule has 0 saturated carbocycles. The first-order valence-corrected chi connectivity index (χ1v) is 7.31. The van der Waals surface area contributed by atoms with Crippen LogP contribution >= 0.6 is 0 Å². The van der Waals surface area contributed by atoms with E-state index in [4.69, 9.17) is 10.1 Å². The number of amides is 1. The van der Waals surface area contributed by atoms with Crippen molar-refractivity contribution in [3.63, 3.8) is 0 Å². The van der Waals surface area contributed by atoms with Crippen LogP contribution in [0, 0.1) is 11.2 Å². The van der Waals surface area contributed by atoms with Gasteiger partial charge < -0.3 is 10.1 Å². The van der Waals surface area contributed by atoms with Gasteiger partial charge in [0.1, 0.15) is 23.9 Å². The molecule has 0 aliphatic carbocycles. The molecule has 1 amide bonds. The van der Waals surface area contributed by atoms with Crippen LogP contribution in [-0.4, -0.2) is 23.9 Å². The summed E-state index contributed by atoms with van der Waals surface area (Å²) in [6, 6.07) is 11.8. The summed E-state index contributed by atoms with van der Waals surface area (Å²) in [5, 5.41) is 10.2. The van der Waals surface area contributed by atoms with Crippen molar-refractivity contribution in [1.82, 2.24) is 5.32 Å². The van der Waals surface area contributed by atoms with Gasteiger partial charge in [-0.1, -0.05) is 12.1 Å². The highest BCUT2D eigenvalue weighted by atomic mass is 19.1. The summed E-state index contributed by atoms with van der Waals surface area (Å²) in [7, 11) is 0. The Morgan fingerprint density at radius 2 is 2.00 bits per heavy atom. The van der Waals surface area contributed by atoms with Gasteiger partial charge in [-0.25, -0.2) is 4.39 Å². The van der Waals surface area contributed by atoms with Gasteiger partial charge >= 0.3 is 0 Å². The fraction of sp³-hybridized carbons (Fsp3) is 0.167. The maximum Gasteiger partial charge on any atom is 0.207 e. The molecule has 0 heterocycles. The third kappa shape index (κ3) is 4.49. The Morgan fingerprint density at radius 3 is 2.62 bits per heavy atom. The molecule has 2 aromatic rings. The van der Waals surface area contributed by atoms with E-state index >= 15 is 0 Å². The lowest BCUT2D eigenvalue weighted by Gasteiger charge is -2.11. The smallest absolute Gasteiger partial charge is 0.207 e. The predicted molar refractivity (Wildman–Crippen MR) is 87.7 cm³/mol. The van der Waals surface area contributed by atoms with Crippen LogP contribution in [0.4, 0.5) is 4.39 Å². The number of ether oxygens (including phenoxy) is 1. The van der Waals surface area contributed by atoms with Gasteiger partial charge in [-0.15, -0.1) is 0 Å². The fourth-order valence-corrected chi connectivity index (χ4v) is 2.05. The minimum atomic E-state index is -0.751. The van der Waals surface area contributed by atoms with E-state index in [2.05, 4.69) is 5.32 Å². The van der Waals surface area contributed by atoms with Crippen molar-refractivity contribution < 1.29 is 18.7 Å². The van der Waals surface area contributed by atoms with Crippen molar-refractivity contribution >= 4 is 17.9 Å². The van der Waals surface area contributed by atoms with Crippen LogP contribution in [0.5, 0.6) is 5.75 Å². The molecular weight excluding hydrogens is 311 g/mol. The van der Waals surface area contributed by atoms with E-state index in [1.165, 1.54) is 19.1 Å². The number of halogens is 1. The highest BCUT2D eigenvalue weighted by molar-refractivity contribution is 6.46. The van der Waals surface area contributed by atoms with Gasteiger partial charge in [-0.2, -0.15) is 0 Å². The number of carbonyl (C=O) groups excluding carboxylic acids is 2. The maximum atomic E-state index is 13.1. The number of Topliss-reactive ketones (excluding diaryl/α,β-unsaturated/α-hetero) is 1. The Morgan fingerprint density at radius 1 is 1.29 bits per heavy atom. The van der Waals surface area contributed by atoms with Crippen LogP contribution < -0.4 is 10.1 Å². The summed E-state index contributed by atoms with van der Waals surface area (Å²) in [6.45, 7) is 1.73. The fourth-order valence-electron chi connectivity index (χ4n) is 2.05. The van der Waals surface area contributed by atoms with Gasteiger partial charge in [0.15, 0.2) is 0 Å². The number of rotatable bonds is 8. The van der Waals surface area contributed by atoms with Crippen molar-refractivity contribution in [2.45, 2.75) is 19.6 Å². The minimum absolute atomic E-state index is 0.187. The molecule has 0 aliphatic heterocycles. The second-order valence-corrected chi connectivity index (χ2v) is 5.19. The average Bonchev–Trinajstić information content (AvgIpc) is 2.59. The number of ketones is 1. The first-order valence-electron chi connectivity index (χ1n) is 7.31. The monoisotopic (exact) mass is 328 g/mol. The quantitative estimate of drug-likeness (QED) is 0.577. The molecule has 2 rings (SSSR count). The number of carbonyl (C=O) groups is 2. The molecule has 0 aromatic heterocycles. The highest BCUT2D eigenvalue weighted by Gasteiger charge is 2.18. The second-order valence-electron chi connectivity index (χ2n) is 5.19. The van der Waals surface area contributed by atoms with Crippen molar-refractivity contribution in [1.29, 1.82) is 5.41 Å². The summed E-state index contributed by atoms with van der Waals surface area (Å²) in [5.74, 6) is -0.255. The lowest BCUT2D eigenvalue weighted by molar-refractivity contribution is -0.118. The zero-order valence-electron chi connectivity index (χ0n) is 13.1. The molecular formula is C18H17FN2O3. The molecule has 0 spiro atoms. The van der Waals surface area contributed by atoms with E-state index in [0.717, 1.165) is 0 Å². The molecule has 24 heavy (non-hydrogen) atoms. The first kappa shape index (κ1) is 17.3. The first-order chi connectivity index (χ1) is 11.5. The van der Waals surface area contributed by atoms with Gasteiger partial charge in [0.25, 0.3) is 0 Å².